The zero-order valence-corrected chi connectivity index (χ0v) is 12.0. The minimum atomic E-state index is -0.151. The number of hydrogen-bond acceptors (Lipinski definition) is 5. The first-order valence-electron chi connectivity index (χ1n) is 6.78. The van der Waals surface area contributed by atoms with Gasteiger partial charge in [0.05, 0.1) is 23.4 Å². The topological polar surface area (TPSA) is 45.6 Å². The van der Waals surface area contributed by atoms with Crippen LogP contribution in [0.1, 0.15) is 23.6 Å². The van der Waals surface area contributed by atoms with Gasteiger partial charge in [0.15, 0.2) is 0 Å². The number of β-amino-alcohol motifs (C(OH)–C–C–N with tert-alkyl or cyclic N) is 1. The van der Waals surface area contributed by atoms with Crippen LogP contribution in [-0.2, 0) is 11.3 Å². The first kappa shape index (κ1) is 13.4. The van der Waals surface area contributed by atoms with Gasteiger partial charge in [-0.05, 0) is 24.3 Å². The minimum absolute atomic E-state index is 0.151. The Labute approximate surface area is 118 Å². The molecule has 2 fully saturated rings. The summed E-state index contributed by atoms with van der Waals surface area (Å²) in [6.45, 7) is 4.06. The molecule has 4 nitrogen and oxygen atoms in total. The van der Waals surface area contributed by atoms with E-state index in [0.717, 1.165) is 50.0 Å². The van der Waals surface area contributed by atoms with Crippen molar-refractivity contribution in [3.63, 3.8) is 0 Å². The molecule has 0 spiro atoms. The van der Waals surface area contributed by atoms with Gasteiger partial charge in [0.1, 0.15) is 0 Å². The third kappa shape index (κ3) is 2.94. The van der Waals surface area contributed by atoms with Crippen LogP contribution in [-0.4, -0.2) is 53.7 Å². The predicted octanol–water partition coefficient (Wildman–Crippen LogP) is 1.48. The lowest BCUT2D eigenvalue weighted by molar-refractivity contribution is -0.00384. The van der Waals surface area contributed by atoms with E-state index in [9.17, 15) is 5.11 Å². The molecule has 0 bridgehead atoms. The Morgan fingerprint density at radius 1 is 1.47 bits per heavy atom. The van der Waals surface area contributed by atoms with Crippen LogP contribution in [0.25, 0.3) is 0 Å². The number of aliphatic hydroxyl groups is 1. The molecule has 0 aliphatic carbocycles. The van der Waals surface area contributed by atoms with Gasteiger partial charge >= 0.3 is 0 Å². The van der Waals surface area contributed by atoms with Crippen LogP contribution in [0.4, 0.5) is 0 Å². The second-order valence-corrected chi connectivity index (χ2v) is 6.12. The Morgan fingerprint density at radius 3 is 2.95 bits per heavy atom. The Kier molecular flexibility index (Phi) is 4.07. The Balaban J connectivity index is 1.80. The molecule has 0 amide bonds. The first-order chi connectivity index (χ1) is 9.26. The number of aliphatic hydroxyl groups excluding tert-OH is 1. The molecule has 1 aromatic heterocycles. The number of rotatable bonds is 4. The molecule has 1 aromatic rings. The van der Waals surface area contributed by atoms with Crippen LogP contribution < -0.4 is 0 Å². The van der Waals surface area contributed by atoms with Crippen LogP contribution in [0, 0.1) is 0 Å². The number of thioether (sulfide) groups is 1. The van der Waals surface area contributed by atoms with Crippen LogP contribution >= 0.6 is 11.8 Å². The van der Waals surface area contributed by atoms with E-state index in [1.807, 2.05) is 0 Å². The number of nitrogens with zero attached hydrogens (tertiary/aromatic N) is 2. The second-order valence-electron chi connectivity index (χ2n) is 5.30. The van der Waals surface area contributed by atoms with E-state index in [4.69, 9.17) is 9.72 Å². The van der Waals surface area contributed by atoms with E-state index in [-0.39, 0.29) is 6.10 Å². The third-order valence-electron chi connectivity index (χ3n) is 3.87. The van der Waals surface area contributed by atoms with E-state index in [0.29, 0.717) is 5.92 Å². The van der Waals surface area contributed by atoms with Gasteiger partial charge in [-0.15, -0.1) is 11.8 Å². The zero-order valence-electron chi connectivity index (χ0n) is 11.2. The van der Waals surface area contributed by atoms with E-state index < -0.39 is 0 Å². The molecule has 2 aliphatic rings. The molecule has 104 valence electrons. The molecule has 2 aliphatic heterocycles. The summed E-state index contributed by atoms with van der Waals surface area (Å²) >= 11 is 1.68. The quantitative estimate of drug-likeness (QED) is 0.847. The summed E-state index contributed by atoms with van der Waals surface area (Å²) in [6, 6.07) is 4.32. The van der Waals surface area contributed by atoms with Crippen LogP contribution in [0.2, 0.25) is 0 Å². The average Bonchev–Trinajstić information content (AvgIpc) is 2.90. The lowest BCUT2D eigenvalue weighted by atomic mass is 9.96. The summed E-state index contributed by atoms with van der Waals surface area (Å²) in [4.78, 5) is 7.01. The summed E-state index contributed by atoms with van der Waals surface area (Å²) in [7, 11) is 0. The normalized spacial score (nSPS) is 24.6. The van der Waals surface area contributed by atoms with Crippen LogP contribution in [0.3, 0.4) is 0 Å². The highest BCUT2D eigenvalue weighted by Gasteiger charge is 2.27. The second kappa shape index (κ2) is 5.79. The molecule has 19 heavy (non-hydrogen) atoms. The fraction of sp³-hybridized carbons (Fsp3) is 0.643. The maximum absolute atomic E-state index is 9.39. The van der Waals surface area contributed by atoms with E-state index in [1.54, 1.807) is 11.8 Å². The van der Waals surface area contributed by atoms with Crippen molar-refractivity contribution < 1.29 is 9.84 Å². The molecule has 0 unspecified atom stereocenters. The Hall–Kier alpha value is -0.620. The van der Waals surface area contributed by atoms with Crippen molar-refractivity contribution in [3.8, 4) is 0 Å². The standard InChI is InChI=1S/C14H20N2O2S/c1-19-14-3-2-12(10-4-5-18-9-10)13(15-14)8-16-6-11(17)7-16/h2-3,10-11,17H,4-9H2,1H3/t10-/m1/s1. The smallest absolute Gasteiger partial charge is 0.0961 e. The molecule has 2 saturated heterocycles. The van der Waals surface area contributed by atoms with Crippen molar-refractivity contribution in [2.45, 2.75) is 30.0 Å². The van der Waals surface area contributed by atoms with Crippen LogP contribution in [0.15, 0.2) is 17.2 Å². The monoisotopic (exact) mass is 280 g/mol. The Morgan fingerprint density at radius 2 is 2.32 bits per heavy atom. The number of likely N-dealkylation sites (tertiary alicyclic amines) is 1. The number of ether oxygens (including phenoxy) is 1. The van der Waals surface area contributed by atoms with Gasteiger partial charge in [-0.1, -0.05) is 6.07 Å². The maximum atomic E-state index is 9.39. The van der Waals surface area contributed by atoms with Crippen molar-refractivity contribution in [1.82, 2.24) is 9.88 Å². The van der Waals surface area contributed by atoms with Gasteiger partial charge in [0, 0.05) is 32.2 Å². The van der Waals surface area contributed by atoms with Gasteiger partial charge < -0.3 is 9.84 Å². The maximum Gasteiger partial charge on any atom is 0.0961 e. The van der Waals surface area contributed by atoms with Crippen molar-refractivity contribution in [3.05, 3.63) is 23.4 Å². The third-order valence-corrected chi connectivity index (χ3v) is 4.52. The molecule has 5 heteroatoms. The average molecular weight is 280 g/mol. The zero-order chi connectivity index (χ0) is 13.2. The summed E-state index contributed by atoms with van der Waals surface area (Å²) in [5, 5.41) is 10.5. The SMILES string of the molecule is CSc1ccc([C@@H]2CCOC2)c(CN2CC(O)C2)n1. The van der Waals surface area contributed by atoms with Crippen molar-refractivity contribution in [2.75, 3.05) is 32.6 Å². The van der Waals surface area contributed by atoms with Crippen molar-refractivity contribution in [1.29, 1.82) is 0 Å². The summed E-state index contributed by atoms with van der Waals surface area (Å²) in [5.41, 5.74) is 2.49. The van der Waals surface area contributed by atoms with E-state index in [2.05, 4.69) is 23.3 Å². The number of pyridine rings is 1. The van der Waals surface area contributed by atoms with Gasteiger partial charge in [-0.25, -0.2) is 4.98 Å². The Bertz CT molecular complexity index is 443. The highest BCUT2D eigenvalue weighted by molar-refractivity contribution is 7.98. The predicted molar refractivity (Wildman–Crippen MR) is 75.5 cm³/mol. The van der Waals surface area contributed by atoms with Crippen molar-refractivity contribution in [2.24, 2.45) is 0 Å². The molecule has 1 atom stereocenters. The lowest BCUT2D eigenvalue weighted by Crippen LogP contribution is -2.50. The van der Waals surface area contributed by atoms with Gasteiger partial charge in [-0.3, -0.25) is 4.90 Å². The molecular weight excluding hydrogens is 260 g/mol. The lowest BCUT2D eigenvalue weighted by Gasteiger charge is -2.36. The summed E-state index contributed by atoms with van der Waals surface area (Å²) in [6.07, 6.45) is 3.00. The van der Waals surface area contributed by atoms with Gasteiger partial charge in [0.2, 0.25) is 0 Å². The largest absolute Gasteiger partial charge is 0.390 e. The first-order valence-corrected chi connectivity index (χ1v) is 8.00. The summed E-state index contributed by atoms with van der Waals surface area (Å²) in [5.74, 6) is 0.490. The fourth-order valence-corrected chi connectivity index (χ4v) is 3.17. The van der Waals surface area contributed by atoms with E-state index >= 15 is 0 Å². The molecule has 3 rings (SSSR count). The molecule has 0 radical (unpaired) electrons. The molecule has 0 saturated carbocycles. The van der Waals surface area contributed by atoms with Gasteiger partial charge in [-0.2, -0.15) is 0 Å². The molecule has 1 N–H and O–H groups in total. The van der Waals surface area contributed by atoms with Crippen LogP contribution in [0.5, 0.6) is 0 Å². The fourth-order valence-electron chi connectivity index (χ4n) is 2.77. The highest BCUT2D eigenvalue weighted by atomic mass is 32.2. The minimum Gasteiger partial charge on any atom is -0.390 e. The highest BCUT2D eigenvalue weighted by Crippen LogP contribution is 2.30. The molecular formula is C14H20N2O2S. The van der Waals surface area contributed by atoms with Crippen molar-refractivity contribution >= 4 is 11.8 Å². The number of hydrogen-bond donors (Lipinski definition) is 1. The van der Waals surface area contributed by atoms with Gasteiger partial charge in [0.25, 0.3) is 0 Å². The molecule has 3 heterocycles. The van der Waals surface area contributed by atoms with E-state index in [1.165, 1.54) is 5.56 Å². The summed E-state index contributed by atoms with van der Waals surface area (Å²) < 4.78 is 5.50. The molecule has 0 aromatic carbocycles. The number of aromatic nitrogens is 1.